The number of halogens is 1. The molecule has 7 heteroatoms. The van der Waals surface area contributed by atoms with Gasteiger partial charge in [0, 0.05) is 30.0 Å². The zero-order chi connectivity index (χ0) is 21.4. The Morgan fingerprint density at radius 3 is 2.84 bits per heavy atom. The fourth-order valence-electron chi connectivity index (χ4n) is 5.36. The third-order valence-electron chi connectivity index (χ3n) is 6.86. The van der Waals surface area contributed by atoms with Crippen molar-refractivity contribution in [1.29, 1.82) is 0 Å². The molecule has 2 aromatic carbocycles. The Kier molecular flexibility index (Phi) is 5.48. The number of hydrogen-bond donors (Lipinski definition) is 1. The van der Waals surface area contributed by atoms with Crippen LogP contribution < -0.4 is 10.6 Å². The standard InChI is InChI=1S/C24H27BrN4O2/c25-19-8-9-20-21(14-19)31-23(27-20)29-12-5-4-11-24(29,22(26)30)18-10-13-28(16-18)15-17-6-2-1-3-7-17/h1-3,6-9,14,18H,4-5,10-13,15-16H2,(H2,26,30)/t18-,24?/m0/s1. The molecule has 2 fully saturated rings. The van der Waals surface area contributed by atoms with Crippen molar-refractivity contribution in [3.05, 3.63) is 58.6 Å². The van der Waals surface area contributed by atoms with Crippen molar-refractivity contribution in [2.24, 2.45) is 11.7 Å². The van der Waals surface area contributed by atoms with Gasteiger partial charge in [-0.05, 0) is 56.0 Å². The van der Waals surface area contributed by atoms with Crippen LogP contribution in [0.1, 0.15) is 31.2 Å². The van der Waals surface area contributed by atoms with Crippen molar-refractivity contribution in [2.45, 2.75) is 37.8 Å². The number of likely N-dealkylation sites (tertiary alicyclic amines) is 1. The summed E-state index contributed by atoms with van der Waals surface area (Å²) < 4.78 is 7.08. The number of fused-ring (bicyclic) bond motifs is 1. The minimum atomic E-state index is -0.762. The molecule has 162 valence electrons. The van der Waals surface area contributed by atoms with Gasteiger partial charge in [-0.3, -0.25) is 9.69 Å². The van der Waals surface area contributed by atoms with E-state index in [4.69, 9.17) is 15.1 Å². The molecule has 6 nitrogen and oxygen atoms in total. The maximum atomic E-state index is 13.1. The van der Waals surface area contributed by atoms with Crippen molar-refractivity contribution >= 4 is 39.0 Å². The molecule has 2 aliphatic heterocycles. The second kappa shape index (κ2) is 8.28. The summed E-state index contributed by atoms with van der Waals surface area (Å²) in [5, 5.41) is 0. The highest BCUT2D eigenvalue weighted by atomic mass is 79.9. The highest BCUT2D eigenvalue weighted by Crippen LogP contribution is 2.42. The van der Waals surface area contributed by atoms with Crippen LogP contribution in [-0.4, -0.2) is 41.0 Å². The highest BCUT2D eigenvalue weighted by molar-refractivity contribution is 9.10. The van der Waals surface area contributed by atoms with E-state index in [1.54, 1.807) is 0 Å². The Balaban J connectivity index is 1.45. The van der Waals surface area contributed by atoms with Gasteiger partial charge >= 0.3 is 0 Å². The van der Waals surface area contributed by atoms with E-state index in [2.05, 4.69) is 50.0 Å². The van der Waals surface area contributed by atoms with Crippen LogP contribution in [0, 0.1) is 5.92 Å². The Morgan fingerprint density at radius 1 is 1.19 bits per heavy atom. The molecule has 1 aromatic heterocycles. The predicted molar refractivity (Wildman–Crippen MR) is 125 cm³/mol. The van der Waals surface area contributed by atoms with Crippen LogP contribution in [0.4, 0.5) is 6.01 Å². The number of oxazole rings is 1. The molecule has 0 radical (unpaired) electrons. The van der Waals surface area contributed by atoms with E-state index in [0.29, 0.717) is 11.6 Å². The van der Waals surface area contributed by atoms with E-state index >= 15 is 0 Å². The number of nitrogens with zero attached hydrogens (tertiary/aromatic N) is 3. The number of nitrogens with two attached hydrogens (primary N) is 1. The molecule has 2 N–H and O–H groups in total. The fourth-order valence-corrected chi connectivity index (χ4v) is 5.70. The molecule has 3 aromatic rings. The van der Waals surface area contributed by atoms with Crippen LogP contribution in [-0.2, 0) is 11.3 Å². The molecule has 2 saturated heterocycles. The van der Waals surface area contributed by atoms with Crippen molar-refractivity contribution < 1.29 is 9.21 Å². The lowest BCUT2D eigenvalue weighted by Crippen LogP contribution is -2.65. The smallest absolute Gasteiger partial charge is 0.299 e. The van der Waals surface area contributed by atoms with Crippen LogP contribution in [0.5, 0.6) is 0 Å². The van der Waals surface area contributed by atoms with Crippen LogP contribution >= 0.6 is 15.9 Å². The van der Waals surface area contributed by atoms with Gasteiger partial charge in [-0.2, -0.15) is 4.98 Å². The van der Waals surface area contributed by atoms with Crippen molar-refractivity contribution in [1.82, 2.24) is 9.88 Å². The zero-order valence-electron chi connectivity index (χ0n) is 17.5. The summed E-state index contributed by atoms with van der Waals surface area (Å²) in [6, 6.07) is 16.8. The van der Waals surface area contributed by atoms with Crippen molar-refractivity contribution in [3.8, 4) is 0 Å². The molecule has 2 aliphatic rings. The summed E-state index contributed by atoms with van der Waals surface area (Å²) in [4.78, 5) is 22.3. The van der Waals surface area contributed by atoms with Gasteiger partial charge in [0.15, 0.2) is 5.58 Å². The molecule has 1 unspecified atom stereocenters. The number of aromatic nitrogens is 1. The second-order valence-electron chi connectivity index (χ2n) is 8.71. The maximum absolute atomic E-state index is 13.1. The van der Waals surface area contributed by atoms with Gasteiger partial charge in [0.05, 0.1) is 0 Å². The number of piperidine rings is 1. The summed E-state index contributed by atoms with van der Waals surface area (Å²) in [5.74, 6) is -0.113. The average Bonchev–Trinajstić information content (AvgIpc) is 3.41. The van der Waals surface area contributed by atoms with Gasteiger partial charge in [-0.25, -0.2) is 0 Å². The third kappa shape index (κ3) is 3.74. The first-order valence-electron chi connectivity index (χ1n) is 11.0. The number of benzene rings is 2. The molecule has 31 heavy (non-hydrogen) atoms. The summed E-state index contributed by atoms with van der Waals surface area (Å²) >= 11 is 3.49. The number of hydrogen-bond acceptors (Lipinski definition) is 5. The highest BCUT2D eigenvalue weighted by Gasteiger charge is 2.53. The monoisotopic (exact) mass is 482 g/mol. The number of rotatable bonds is 5. The van der Waals surface area contributed by atoms with E-state index in [9.17, 15) is 4.79 Å². The van der Waals surface area contributed by atoms with E-state index in [-0.39, 0.29) is 11.8 Å². The molecule has 0 spiro atoms. The lowest BCUT2D eigenvalue weighted by atomic mass is 9.75. The van der Waals surface area contributed by atoms with E-state index in [1.807, 2.05) is 24.3 Å². The lowest BCUT2D eigenvalue weighted by molar-refractivity contribution is -0.126. The molecular formula is C24H27BrN4O2. The molecule has 3 heterocycles. The predicted octanol–water partition coefficient (Wildman–Crippen LogP) is 4.33. The largest absolute Gasteiger partial charge is 0.423 e. The summed E-state index contributed by atoms with van der Waals surface area (Å²) in [6.07, 6.45) is 3.67. The molecular weight excluding hydrogens is 456 g/mol. The zero-order valence-corrected chi connectivity index (χ0v) is 19.1. The first kappa shape index (κ1) is 20.5. The molecule has 0 saturated carbocycles. The van der Waals surface area contributed by atoms with Gasteiger partial charge in [-0.1, -0.05) is 46.3 Å². The van der Waals surface area contributed by atoms with Crippen molar-refractivity contribution in [2.75, 3.05) is 24.5 Å². The SMILES string of the molecule is NC(=O)C1([C@H]2CCN(Cc3ccccc3)C2)CCCCN1c1nc2ccc(Br)cc2o1. The van der Waals surface area contributed by atoms with Gasteiger partial charge in [0.1, 0.15) is 11.1 Å². The minimum Gasteiger partial charge on any atom is -0.423 e. The molecule has 2 atom stereocenters. The second-order valence-corrected chi connectivity index (χ2v) is 9.63. The summed E-state index contributed by atoms with van der Waals surface area (Å²) in [7, 11) is 0. The third-order valence-corrected chi connectivity index (χ3v) is 7.36. The van der Waals surface area contributed by atoms with Crippen LogP contribution in [0.15, 0.2) is 57.4 Å². The van der Waals surface area contributed by atoms with E-state index in [1.165, 1.54) is 5.56 Å². The number of anilines is 1. The number of carbonyl (C=O) groups excluding carboxylic acids is 1. The molecule has 0 bridgehead atoms. The fraction of sp³-hybridized carbons (Fsp3) is 0.417. The van der Waals surface area contributed by atoms with E-state index < -0.39 is 5.54 Å². The van der Waals surface area contributed by atoms with Gasteiger partial charge in [-0.15, -0.1) is 0 Å². The molecule has 1 amide bonds. The van der Waals surface area contributed by atoms with E-state index in [0.717, 1.165) is 61.9 Å². The maximum Gasteiger partial charge on any atom is 0.299 e. The van der Waals surface area contributed by atoms with Gasteiger partial charge < -0.3 is 15.1 Å². The lowest BCUT2D eigenvalue weighted by Gasteiger charge is -2.47. The van der Waals surface area contributed by atoms with Crippen molar-refractivity contribution in [3.63, 3.8) is 0 Å². The normalized spacial score (nSPS) is 24.7. The Hall–Kier alpha value is -2.38. The molecule has 5 rings (SSSR count). The average molecular weight is 483 g/mol. The quantitative estimate of drug-likeness (QED) is 0.585. The topological polar surface area (TPSA) is 75.6 Å². The first-order valence-corrected chi connectivity index (χ1v) is 11.8. The number of primary amides is 1. The summed E-state index contributed by atoms with van der Waals surface area (Å²) in [6.45, 7) is 3.43. The van der Waals surface area contributed by atoms with Crippen LogP contribution in [0.25, 0.3) is 11.1 Å². The van der Waals surface area contributed by atoms with Gasteiger partial charge in [0.25, 0.3) is 6.01 Å². The van der Waals surface area contributed by atoms with Gasteiger partial charge in [0.2, 0.25) is 5.91 Å². The van der Waals surface area contributed by atoms with Crippen LogP contribution in [0.2, 0.25) is 0 Å². The Labute approximate surface area is 190 Å². The first-order chi connectivity index (χ1) is 15.1. The number of amides is 1. The Morgan fingerprint density at radius 2 is 2.03 bits per heavy atom. The Bertz CT molecular complexity index is 1090. The minimum absolute atomic E-state index is 0.149. The summed E-state index contributed by atoms with van der Waals surface area (Å²) in [5.41, 5.74) is 8.19. The molecule has 0 aliphatic carbocycles. The van der Waals surface area contributed by atoms with Crippen LogP contribution in [0.3, 0.4) is 0 Å². The number of carbonyl (C=O) groups is 1.